The second-order valence-corrected chi connectivity index (χ2v) is 9.39. The lowest BCUT2D eigenvalue weighted by Crippen LogP contribution is -2.32. The van der Waals surface area contributed by atoms with Gasteiger partial charge in [-0.15, -0.1) is 0 Å². The summed E-state index contributed by atoms with van der Waals surface area (Å²) in [6, 6.07) is 9.10. The number of hydrogen-bond acceptors (Lipinski definition) is 3. The van der Waals surface area contributed by atoms with E-state index in [-0.39, 0.29) is 15.8 Å². The molecule has 0 saturated carbocycles. The van der Waals surface area contributed by atoms with Crippen LogP contribution < -0.4 is 0 Å². The zero-order chi connectivity index (χ0) is 18.1. The molecule has 0 radical (unpaired) electrons. The van der Waals surface area contributed by atoms with Crippen LogP contribution in [0.2, 0.25) is 20.1 Å². The minimum atomic E-state index is -3.65. The van der Waals surface area contributed by atoms with Crippen molar-refractivity contribution in [1.82, 2.24) is 0 Å². The van der Waals surface area contributed by atoms with Crippen LogP contribution in [-0.4, -0.2) is 19.3 Å². The average molecular weight is 428 g/mol. The fraction of sp³-hybridized carbons (Fsp3) is 0.250. The van der Waals surface area contributed by atoms with Crippen LogP contribution in [0.15, 0.2) is 36.4 Å². The molecule has 24 heavy (non-hydrogen) atoms. The maximum atomic E-state index is 12.5. The molecule has 3 nitrogen and oxygen atoms in total. The summed E-state index contributed by atoms with van der Waals surface area (Å²) in [6.07, 6.45) is 0. The molecule has 0 aliphatic rings. The Bertz CT molecular complexity index is 864. The van der Waals surface area contributed by atoms with Crippen LogP contribution in [0.1, 0.15) is 18.1 Å². The third-order valence-electron chi connectivity index (χ3n) is 3.43. The number of hydrogen-bond donors (Lipinski definition) is 1. The van der Waals surface area contributed by atoms with Crippen LogP contribution in [0.3, 0.4) is 0 Å². The first-order chi connectivity index (χ1) is 11.0. The summed E-state index contributed by atoms with van der Waals surface area (Å²) < 4.78 is 24.9. The van der Waals surface area contributed by atoms with Gasteiger partial charge in [-0.05, 0) is 42.3 Å². The van der Waals surface area contributed by atoms with Gasteiger partial charge in [0.25, 0.3) is 0 Å². The number of benzene rings is 2. The summed E-state index contributed by atoms with van der Waals surface area (Å²) in [4.78, 5) is 0. The first-order valence-electron chi connectivity index (χ1n) is 6.82. The summed E-state index contributed by atoms with van der Waals surface area (Å²) in [7, 11) is -3.65. The van der Waals surface area contributed by atoms with E-state index >= 15 is 0 Å². The largest absolute Gasteiger partial charge is 0.384 e. The van der Waals surface area contributed by atoms with Crippen molar-refractivity contribution in [2.45, 2.75) is 18.3 Å². The molecule has 1 unspecified atom stereocenters. The SMILES string of the molecule is CC(O)(CS(=O)(=O)Cc1ccc(Cl)cc1Cl)c1ccc(Cl)c(Cl)c1. The van der Waals surface area contributed by atoms with Gasteiger partial charge in [0, 0.05) is 10.0 Å². The summed E-state index contributed by atoms with van der Waals surface area (Å²) in [5, 5.41) is 11.8. The molecule has 1 N–H and O–H groups in total. The monoisotopic (exact) mass is 426 g/mol. The van der Waals surface area contributed by atoms with Gasteiger partial charge in [-0.25, -0.2) is 8.42 Å². The second-order valence-electron chi connectivity index (χ2n) is 5.67. The smallest absolute Gasteiger partial charge is 0.157 e. The molecule has 2 rings (SSSR count). The number of aliphatic hydroxyl groups is 1. The molecule has 0 amide bonds. The second kappa shape index (κ2) is 7.40. The summed E-state index contributed by atoms with van der Waals surface area (Å²) >= 11 is 23.6. The maximum absolute atomic E-state index is 12.5. The summed E-state index contributed by atoms with van der Waals surface area (Å²) in [6.45, 7) is 1.41. The molecule has 8 heteroatoms. The topological polar surface area (TPSA) is 54.4 Å². The standard InChI is InChI=1S/C16H14Cl4O3S/c1-16(21,11-3-5-13(18)15(20)6-11)9-24(22,23)8-10-2-4-12(17)7-14(10)19/h2-7,21H,8-9H2,1H3. The van der Waals surface area contributed by atoms with E-state index in [2.05, 4.69) is 0 Å². The van der Waals surface area contributed by atoms with Gasteiger partial charge in [0.05, 0.1) is 21.6 Å². The van der Waals surface area contributed by atoms with Gasteiger partial charge in [0.2, 0.25) is 0 Å². The van der Waals surface area contributed by atoms with E-state index in [0.29, 0.717) is 21.2 Å². The molecule has 0 fully saturated rings. The highest BCUT2D eigenvalue weighted by molar-refractivity contribution is 7.90. The van der Waals surface area contributed by atoms with Crippen molar-refractivity contribution < 1.29 is 13.5 Å². The molecule has 0 aromatic heterocycles. The van der Waals surface area contributed by atoms with E-state index < -0.39 is 21.2 Å². The lowest BCUT2D eigenvalue weighted by molar-refractivity contribution is 0.0819. The van der Waals surface area contributed by atoms with Crippen molar-refractivity contribution in [2.24, 2.45) is 0 Å². The van der Waals surface area contributed by atoms with Crippen molar-refractivity contribution in [3.05, 3.63) is 67.6 Å². The van der Waals surface area contributed by atoms with E-state index in [9.17, 15) is 13.5 Å². The molecule has 0 saturated heterocycles. The van der Waals surface area contributed by atoms with Crippen molar-refractivity contribution in [2.75, 3.05) is 5.75 Å². The zero-order valence-corrected chi connectivity index (χ0v) is 16.4. The van der Waals surface area contributed by atoms with Gasteiger partial charge in [-0.1, -0.05) is 58.5 Å². The highest BCUT2D eigenvalue weighted by Gasteiger charge is 2.31. The molecule has 2 aromatic rings. The Kier molecular flexibility index (Phi) is 6.12. The predicted octanol–water partition coefficient (Wildman–Crippen LogP) is 5.12. The van der Waals surface area contributed by atoms with Crippen molar-refractivity contribution >= 4 is 56.2 Å². The summed E-state index contributed by atoms with van der Waals surface area (Å²) in [5.74, 6) is -0.794. The minimum absolute atomic E-state index is 0.243. The van der Waals surface area contributed by atoms with E-state index in [1.165, 1.54) is 25.1 Å². The van der Waals surface area contributed by atoms with Crippen LogP contribution in [0.25, 0.3) is 0 Å². The normalized spacial score (nSPS) is 14.4. The highest BCUT2D eigenvalue weighted by atomic mass is 35.5. The lowest BCUT2D eigenvalue weighted by Gasteiger charge is -2.24. The van der Waals surface area contributed by atoms with Crippen LogP contribution in [0.5, 0.6) is 0 Å². The van der Waals surface area contributed by atoms with Gasteiger partial charge in [-0.3, -0.25) is 0 Å². The molecule has 0 aliphatic heterocycles. The van der Waals surface area contributed by atoms with E-state index in [0.717, 1.165) is 0 Å². The Morgan fingerprint density at radius 2 is 1.62 bits per heavy atom. The molecule has 0 spiro atoms. The quantitative estimate of drug-likeness (QED) is 0.719. The van der Waals surface area contributed by atoms with Crippen LogP contribution in [0.4, 0.5) is 0 Å². The van der Waals surface area contributed by atoms with Crippen molar-refractivity contribution in [3.63, 3.8) is 0 Å². The first kappa shape index (κ1) is 19.8. The van der Waals surface area contributed by atoms with Crippen molar-refractivity contribution in [1.29, 1.82) is 0 Å². The van der Waals surface area contributed by atoms with Gasteiger partial charge in [0.1, 0.15) is 5.60 Å². The fourth-order valence-electron chi connectivity index (χ4n) is 2.27. The molecule has 130 valence electrons. The van der Waals surface area contributed by atoms with Gasteiger partial charge in [-0.2, -0.15) is 0 Å². The highest BCUT2D eigenvalue weighted by Crippen LogP contribution is 2.31. The maximum Gasteiger partial charge on any atom is 0.157 e. The number of sulfone groups is 1. The van der Waals surface area contributed by atoms with E-state index in [1.54, 1.807) is 18.2 Å². The minimum Gasteiger partial charge on any atom is -0.384 e. The van der Waals surface area contributed by atoms with Crippen LogP contribution >= 0.6 is 46.4 Å². The summed E-state index contributed by atoms with van der Waals surface area (Å²) in [5.41, 5.74) is -0.833. The van der Waals surface area contributed by atoms with E-state index in [1.807, 2.05) is 0 Å². The molecule has 1 atom stereocenters. The molecular weight excluding hydrogens is 414 g/mol. The molecule has 0 bridgehead atoms. The fourth-order valence-corrected chi connectivity index (χ4v) is 4.97. The Hall–Kier alpha value is -0.490. The first-order valence-corrected chi connectivity index (χ1v) is 10.2. The zero-order valence-electron chi connectivity index (χ0n) is 12.6. The molecule has 0 aliphatic carbocycles. The van der Waals surface area contributed by atoms with E-state index in [4.69, 9.17) is 46.4 Å². The third-order valence-corrected chi connectivity index (χ3v) is 6.51. The number of rotatable bonds is 5. The molecule has 0 heterocycles. The van der Waals surface area contributed by atoms with Crippen LogP contribution in [0, 0.1) is 0 Å². The molecule has 2 aromatic carbocycles. The van der Waals surface area contributed by atoms with Gasteiger partial charge in [0.15, 0.2) is 9.84 Å². The van der Waals surface area contributed by atoms with Crippen LogP contribution in [-0.2, 0) is 21.2 Å². The molecular formula is C16H14Cl4O3S. The Balaban J connectivity index is 2.24. The van der Waals surface area contributed by atoms with Gasteiger partial charge >= 0.3 is 0 Å². The Morgan fingerprint density at radius 3 is 2.21 bits per heavy atom. The van der Waals surface area contributed by atoms with Gasteiger partial charge < -0.3 is 5.11 Å². The Morgan fingerprint density at radius 1 is 0.958 bits per heavy atom. The van der Waals surface area contributed by atoms with Crippen molar-refractivity contribution in [3.8, 4) is 0 Å². The predicted molar refractivity (Wildman–Crippen MR) is 100.0 cm³/mol. The third kappa shape index (κ3) is 5.01. The Labute approximate surface area is 161 Å². The average Bonchev–Trinajstić information content (AvgIpc) is 2.43. The number of halogens is 4. The lowest BCUT2D eigenvalue weighted by atomic mass is 9.98.